The number of imidazole rings is 1. The van der Waals surface area contributed by atoms with Crippen LogP contribution in [0, 0.1) is 11.7 Å². The van der Waals surface area contributed by atoms with E-state index in [2.05, 4.69) is 20.2 Å². The van der Waals surface area contributed by atoms with Gasteiger partial charge in [-0.1, -0.05) is 0 Å². The first-order valence-corrected chi connectivity index (χ1v) is 7.91. The minimum Gasteiger partial charge on any atom is -0.342 e. The zero-order valence-corrected chi connectivity index (χ0v) is 12.1. The van der Waals surface area contributed by atoms with Gasteiger partial charge in [0.15, 0.2) is 0 Å². The molecular formula is C16H21FN4. The second-order valence-electron chi connectivity index (χ2n) is 6.36. The van der Waals surface area contributed by atoms with E-state index in [4.69, 9.17) is 0 Å². The first-order valence-electron chi connectivity index (χ1n) is 7.91. The van der Waals surface area contributed by atoms with Crippen molar-refractivity contribution in [3.8, 4) is 0 Å². The SMILES string of the molecule is Fc1ccc2nc(N3CCCC(CNC4CC4)C3)[nH]c2c1. The number of benzene rings is 1. The number of hydrogen-bond acceptors (Lipinski definition) is 3. The molecular weight excluding hydrogens is 267 g/mol. The fourth-order valence-electron chi connectivity index (χ4n) is 3.16. The third-order valence-corrected chi connectivity index (χ3v) is 4.52. The number of aromatic nitrogens is 2. The van der Waals surface area contributed by atoms with Crippen LogP contribution < -0.4 is 10.2 Å². The maximum absolute atomic E-state index is 13.3. The first-order chi connectivity index (χ1) is 10.3. The monoisotopic (exact) mass is 288 g/mol. The highest BCUT2D eigenvalue weighted by Crippen LogP contribution is 2.25. The number of fused-ring (bicyclic) bond motifs is 1. The molecule has 112 valence electrons. The smallest absolute Gasteiger partial charge is 0.203 e. The zero-order chi connectivity index (χ0) is 14.2. The van der Waals surface area contributed by atoms with Gasteiger partial charge in [0.25, 0.3) is 0 Å². The van der Waals surface area contributed by atoms with Crippen molar-refractivity contribution in [1.29, 1.82) is 0 Å². The minimum absolute atomic E-state index is 0.220. The molecule has 1 saturated heterocycles. The Balaban J connectivity index is 1.47. The van der Waals surface area contributed by atoms with Crippen LogP contribution in [0.5, 0.6) is 0 Å². The van der Waals surface area contributed by atoms with Crippen molar-refractivity contribution >= 4 is 17.0 Å². The molecule has 2 aromatic rings. The largest absolute Gasteiger partial charge is 0.342 e. The van der Waals surface area contributed by atoms with Gasteiger partial charge in [0, 0.05) is 19.1 Å². The number of H-pyrrole nitrogens is 1. The Morgan fingerprint density at radius 1 is 1.33 bits per heavy atom. The van der Waals surface area contributed by atoms with Crippen molar-refractivity contribution in [2.75, 3.05) is 24.5 Å². The summed E-state index contributed by atoms with van der Waals surface area (Å²) in [5.41, 5.74) is 1.62. The van der Waals surface area contributed by atoms with E-state index in [0.29, 0.717) is 5.92 Å². The van der Waals surface area contributed by atoms with Gasteiger partial charge in [-0.2, -0.15) is 0 Å². The number of nitrogens with zero attached hydrogens (tertiary/aromatic N) is 2. The zero-order valence-electron chi connectivity index (χ0n) is 12.1. The molecule has 1 atom stereocenters. The molecule has 0 spiro atoms. The molecule has 2 aliphatic rings. The van der Waals surface area contributed by atoms with Gasteiger partial charge >= 0.3 is 0 Å². The van der Waals surface area contributed by atoms with Gasteiger partial charge in [0.05, 0.1) is 11.0 Å². The third kappa shape index (κ3) is 2.88. The van der Waals surface area contributed by atoms with E-state index >= 15 is 0 Å². The van der Waals surface area contributed by atoms with Crippen molar-refractivity contribution < 1.29 is 4.39 Å². The van der Waals surface area contributed by atoms with E-state index in [1.54, 1.807) is 6.07 Å². The lowest BCUT2D eigenvalue weighted by atomic mass is 9.98. The highest BCUT2D eigenvalue weighted by atomic mass is 19.1. The van der Waals surface area contributed by atoms with Crippen molar-refractivity contribution in [3.05, 3.63) is 24.0 Å². The maximum atomic E-state index is 13.3. The predicted molar refractivity (Wildman–Crippen MR) is 82.0 cm³/mol. The summed E-state index contributed by atoms with van der Waals surface area (Å²) in [6.07, 6.45) is 5.16. The Labute approximate surface area is 123 Å². The molecule has 2 N–H and O–H groups in total. The van der Waals surface area contributed by atoms with Gasteiger partial charge < -0.3 is 15.2 Å². The lowest BCUT2D eigenvalue weighted by molar-refractivity contribution is 0.388. The van der Waals surface area contributed by atoms with Crippen LogP contribution in [0.1, 0.15) is 25.7 Å². The quantitative estimate of drug-likeness (QED) is 0.909. The Bertz CT molecular complexity index is 634. The molecule has 0 amide bonds. The number of piperidine rings is 1. The molecule has 1 aromatic carbocycles. The lowest BCUT2D eigenvalue weighted by Gasteiger charge is -2.32. The van der Waals surface area contributed by atoms with Gasteiger partial charge in [-0.15, -0.1) is 0 Å². The maximum Gasteiger partial charge on any atom is 0.203 e. The molecule has 1 aliphatic carbocycles. The summed E-state index contributed by atoms with van der Waals surface area (Å²) in [6.45, 7) is 3.17. The number of aromatic amines is 1. The van der Waals surface area contributed by atoms with Gasteiger partial charge in [-0.25, -0.2) is 9.37 Å². The summed E-state index contributed by atoms with van der Waals surface area (Å²) in [5, 5.41) is 3.63. The first kappa shape index (κ1) is 13.1. The fraction of sp³-hybridized carbons (Fsp3) is 0.562. The highest BCUT2D eigenvalue weighted by Gasteiger charge is 2.25. The normalized spacial score (nSPS) is 22.9. The van der Waals surface area contributed by atoms with Crippen LogP contribution in [0.15, 0.2) is 18.2 Å². The van der Waals surface area contributed by atoms with Gasteiger partial charge in [0.1, 0.15) is 5.82 Å². The number of rotatable bonds is 4. The summed E-state index contributed by atoms with van der Waals surface area (Å²) >= 11 is 0. The Morgan fingerprint density at radius 3 is 3.10 bits per heavy atom. The molecule has 1 aliphatic heterocycles. The van der Waals surface area contributed by atoms with Crippen molar-refractivity contribution in [3.63, 3.8) is 0 Å². The van der Waals surface area contributed by atoms with E-state index in [1.807, 2.05) is 0 Å². The number of halogens is 1. The second-order valence-corrected chi connectivity index (χ2v) is 6.36. The molecule has 0 bridgehead atoms. The van der Waals surface area contributed by atoms with Crippen LogP contribution in [0.25, 0.3) is 11.0 Å². The summed E-state index contributed by atoms with van der Waals surface area (Å²) in [5.74, 6) is 1.35. The van der Waals surface area contributed by atoms with Gasteiger partial charge in [0.2, 0.25) is 5.95 Å². The lowest BCUT2D eigenvalue weighted by Crippen LogP contribution is -2.40. The summed E-state index contributed by atoms with van der Waals surface area (Å²) in [7, 11) is 0. The van der Waals surface area contributed by atoms with E-state index in [-0.39, 0.29) is 5.82 Å². The second kappa shape index (κ2) is 5.30. The fourth-order valence-corrected chi connectivity index (χ4v) is 3.16. The van der Waals surface area contributed by atoms with Gasteiger partial charge in [-0.05, 0) is 56.3 Å². The standard InChI is InChI=1S/C16H21FN4/c17-12-3-6-14-15(8-12)20-16(19-14)21-7-1-2-11(10-21)9-18-13-4-5-13/h3,6,8,11,13,18H,1-2,4-5,7,9-10H2,(H,19,20). The molecule has 5 heteroatoms. The topological polar surface area (TPSA) is 44.0 Å². The van der Waals surface area contributed by atoms with Crippen molar-refractivity contribution in [2.45, 2.75) is 31.7 Å². The van der Waals surface area contributed by atoms with Crippen LogP contribution in [-0.4, -0.2) is 35.6 Å². The number of nitrogens with one attached hydrogen (secondary N) is 2. The summed E-state index contributed by atoms with van der Waals surface area (Å²) < 4.78 is 13.3. The minimum atomic E-state index is -0.220. The summed E-state index contributed by atoms with van der Waals surface area (Å²) in [4.78, 5) is 10.2. The average Bonchev–Trinajstić information content (AvgIpc) is 3.23. The molecule has 2 heterocycles. The third-order valence-electron chi connectivity index (χ3n) is 4.52. The molecule has 1 unspecified atom stereocenters. The molecule has 4 rings (SSSR count). The van der Waals surface area contributed by atoms with Crippen LogP contribution in [0.4, 0.5) is 10.3 Å². The Hall–Kier alpha value is -1.62. The molecule has 1 saturated carbocycles. The van der Waals surface area contributed by atoms with Crippen LogP contribution in [-0.2, 0) is 0 Å². The predicted octanol–water partition coefficient (Wildman–Crippen LogP) is 2.67. The van der Waals surface area contributed by atoms with Crippen LogP contribution in [0.3, 0.4) is 0 Å². The van der Waals surface area contributed by atoms with Gasteiger partial charge in [-0.3, -0.25) is 0 Å². The Kier molecular flexibility index (Phi) is 3.30. The van der Waals surface area contributed by atoms with Crippen molar-refractivity contribution in [1.82, 2.24) is 15.3 Å². The average molecular weight is 288 g/mol. The summed E-state index contributed by atoms with van der Waals surface area (Å²) in [6, 6.07) is 5.49. The van der Waals surface area contributed by atoms with E-state index in [1.165, 1.54) is 37.8 Å². The molecule has 21 heavy (non-hydrogen) atoms. The molecule has 1 aromatic heterocycles. The van der Waals surface area contributed by atoms with E-state index < -0.39 is 0 Å². The Morgan fingerprint density at radius 2 is 2.24 bits per heavy atom. The highest BCUT2D eigenvalue weighted by molar-refractivity contribution is 5.77. The molecule has 2 fully saturated rings. The van der Waals surface area contributed by atoms with Crippen LogP contribution >= 0.6 is 0 Å². The van der Waals surface area contributed by atoms with Crippen molar-refractivity contribution in [2.24, 2.45) is 5.92 Å². The molecule has 0 radical (unpaired) electrons. The van der Waals surface area contributed by atoms with E-state index in [9.17, 15) is 4.39 Å². The molecule has 4 nitrogen and oxygen atoms in total. The van der Waals surface area contributed by atoms with Crippen LogP contribution in [0.2, 0.25) is 0 Å². The van der Waals surface area contributed by atoms with E-state index in [0.717, 1.165) is 42.7 Å². The number of anilines is 1. The number of hydrogen-bond donors (Lipinski definition) is 2.